The van der Waals surface area contributed by atoms with Gasteiger partial charge in [-0.3, -0.25) is 10.1 Å². The maximum atomic E-state index is 10.0. The molecule has 0 fully saturated rings. The van der Waals surface area contributed by atoms with E-state index in [2.05, 4.69) is 0 Å². The molecule has 1 aromatic rings. The van der Waals surface area contributed by atoms with E-state index in [-0.39, 0.29) is 64.8 Å². The van der Waals surface area contributed by atoms with Crippen LogP contribution in [0.4, 0.5) is 5.69 Å². The molecule has 0 heterocycles. The Morgan fingerprint density at radius 3 is 1.56 bits per heavy atom. The summed E-state index contributed by atoms with van der Waals surface area (Å²) in [5.74, 6) is 0. The number of para-hydroxylation sites is 1. The van der Waals surface area contributed by atoms with E-state index < -0.39 is 12.7 Å². The van der Waals surface area contributed by atoms with Gasteiger partial charge in [0.25, 0.3) is 5.69 Å². The predicted molar refractivity (Wildman–Crippen MR) is 61.7 cm³/mol. The van der Waals surface area contributed by atoms with Crippen molar-refractivity contribution in [2.24, 2.45) is 0 Å². The molecule has 0 aliphatic carbocycles. The first kappa shape index (κ1) is 22.0. The summed E-state index contributed by atoms with van der Waals surface area (Å²) in [7, 11) is -4.64. The van der Waals surface area contributed by atoms with Crippen molar-refractivity contribution in [3.05, 3.63) is 40.4 Å². The summed E-state index contributed by atoms with van der Waals surface area (Å²) < 4.78 is 8.88. The molecule has 0 radical (unpaired) electrons. The molecular formula is C6H10NNa2O6P. The molecule has 3 N–H and O–H groups in total. The van der Waals surface area contributed by atoms with E-state index in [1.165, 1.54) is 12.1 Å². The van der Waals surface area contributed by atoms with Crippen molar-refractivity contribution in [1.29, 1.82) is 0 Å². The summed E-state index contributed by atoms with van der Waals surface area (Å²) in [6.45, 7) is 0. The summed E-state index contributed by atoms with van der Waals surface area (Å²) in [4.78, 5) is 31.2. The average molecular weight is 269 g/mol. The van der Waals surface area contributed by atoms with Crippen molar-refractivity contribution in [3.8, 4) is 0 Å². The van der Waals surface area contributed by atoms with Gasteiger partial charge in [0.2, 0.25) is 0 Å². The van der Waals surface area contributed by atoms with Crippen LogP contribution in [-0.2, 0) is 4.57 Å². The number of nitro groups is 1. The molecule has 10 heteroatoms. The summed E-state index contributed by atoms with van der Waals surface area (Å²) >= 11 is 0. The number of rotatable bonds is 1. The third-order valence-corrected chi connectivity index (χ3v) is 0.967. The first-order valence-electron chi connectivity index (χ1n) is 3.28. The molecule has 0 aliphatic rings. The van der Waals surface area contributed by atoms with E-state index in [0.717, 1.165) is 0 Å². The molecule has 82 valence electrons. The minimum absolute atomic E-state index is 0. The van der Waals surface area contributed by atoms with Crippen LogP contribution in [0.1, 0.15) is 0 Å². The molecule has 1 aromatic carbocycles. The second-order valence-electron chi connectivity index (χ2n) is 2.11. The van der Waals surface area contributed by atoms with Gasteiger partial charge in [-0.15, -0.1) is 0 Å². The van der Waals surface area contributed by atoms with Gasteiger partial charge in [0.1, 0.15) is 0 Å². The van der Waals surface area contributed by atoms with Gasteiger partial charge in [0.05, 0.1) is 4.92 Å². The first-order valence-corrected chi connectivity index (χ1v) is 4.85. The van der Waals surface area contributed by atoms with E-state index in [1.54, 1.807) is 18.2 Å². The van der Waals surface area contributed by atoms with Crippen LogP contribution in [-0.4, -0.2) is 78.7 Å². The summed E-state index contributed by atoms with van der Waals surface area (Å²) in [6.07, 6.45) is 0. The molecule has 7 nitrogen and oxygen atoms in total. The van der Waals surface area contributed by atoms with Crippen LogP contribution in [0.25, 0.3) is 0 Å². The van der Waals surface area contributed by atoms with Crippen LogP contribution in [0.15, 0.2) is 30.3 Å². The Morgan fingerprint density at radius 2 is 1.38 bits per heavy atom. The van der Waals surface area contributed by atoms with E-state index in [9.17, 15) is 10.1 Å². The number of benzene rings is 1. The first-order chi connectivity index (χ1) is 6.30. The zero-order chi connectivity index (χ0) is 11.2. The number of hydrogen-bond acceptors (Lipinski definition) is 3. The topological polar surface area (TPSA) is 121 Å². The molecule has 0 saturated heterocycles. The quantitative estimate of drug-likeness (QED) is 0.270. The summed E-state index contributed by atoms with van der Waals surface area (Å²) in [6, 6.07) is 7.93. The Balaban J connectivity index is -0.000000214. The van der Waals surface area contributed by atoms with Gasteiger partial charge in [0, 0.05) is 12.1 Å². The Morgan fingerprint density at radius 1 is 1.06 bits per heavy atom. The third-order valence-electron chi connectivity index (χ3n) is 0.967. The fourth-order valence-corrected chi connectivity index (χ4v) is 0.550. The molecule has 0 aliphatic heterocycles. The predicted octanol–water partition coefficient (Wildman–Crippen LogP) is -0.631. The van der Waals surface area contributed by atoms with E-state index >= 15 is 0 Å². The summed E-state index contributed by atoms with van der Waals surface area (Å²) in [5, 5.41) is 10.0. The molecule has 0 aromatic heterocycles. The van der Waals surface area contributed by atoms with Gasteiger partial charge in [-0.25, -0.2) is 4.57 Å². The van der Waals surface area contributed by atoms with Crippen molar-refractivity contribution >= 4 is 72.6 Å². The van der Waals surface area contributed by atoms with Crippen LogP contribution in [0.2, 0.25) is 0 Å². The van der Waals surface area contributed by atoms with Gasteiger partial charge in [-0.05, 0) is 0 Å². The summed E-state index contributed by atoms with van der Waals surface area (Å²) in [5.41, 5.74) is 0.137. The fourth-order valence-electron chi connectivity index (χ4n) is 0.550. The molecule has 0 spiro atoms. The second-order valence-corrected chi connectivity index (χ2v) is 3.13. The van der Waals surface area contributed by atoms with E-state index in [1.807, 2.05) is 0 Å². The monoisotopic (exact) mass is 269 g/mol. The van der Waals surface area contributed by atoms with Gasteiger partial charge in [-0.1, -0.05) is 18.2 Å². The van der Waals surface area contributed by atoms with Gasteiger partial charge in [0.15, 0.2) is 0 Å². The van der Waals surface area contributed by atoms with Crippen molar-refractivity contribution in [2.45, 2.75) is 0 Å². The Bertz CT molecular complexity index is 334. The molecule has 1 rings (SSSR count). The normalized spacial score (nSPS) is 8.69. The van der Waals surface area contributed by atoms with E-state index in [4.69, 9.17) is 19.2 Å². The number of non-ortho nitro benzene ring substituents is 1. The zero-order valence-corrected chi connectivity index (χ0v) is 7.74. The number of nitro benzene ring substituents is 1. The maximum absolute atomic E-state index is 10.0. The SMILES string of the molecule is O=P(O)(O)O.O=[N+]([O-])c1ccccc1.[NaH].[NaH]. The number of phosphoric acid groups is 1. The molecule has 0 bridgehead atoms. The van der Waals surface area contributed by atoms with Crippen LogP contribution in [0, 0.1) is 10.1 Å². The standard InChI is InChI=1S/C6H5NO2.2Na.H3O4P.2H/c8-7(9)6-4-2-1-3-5-6;;;1-5(2,3)4;;/h1-5H;;;(H3,1,2,3,4);;. The van der Waals surface area contributed by atoms with Crippen LogP contribution in [0.5, 0.6) is 0 Å². The molecule has 0 amide bonds. The molecule has 16 heavy (non-hydrogen) atoms. The van der Waals surface area contributed by atoms with Crippen LogP contribution < -0.4 is 0 Å². The van der Waals surface area contributed by atoms with Crippen molar-refractivity contribution in [1.82, 2.24) is 0 Å². The van der Waals surface area contributed by atoms with Crippen molar-refractivity contribution < 1.29 is 24.2 Å². The fraction of sp³-hybridized carbons (Fsp3) is 0. The molecular weight excluding hydrogens is 259 g/mol. The van der Waals surface area contributed by atoms with Gasteiger partial charge in [-0.2, -0.15) is 0 Å². The van der Waals surface area contributed by atoms with Crippen molar-refractivity contribution in [2.75, 3.05) is 0 Å². The Hall–Kier alpha value is 0.730. The number of nitrogens with zero attached hydrogens (tertiary/aromatic N) is 1. The van der Waals surface area contributed by atoms with Crippen LogP contribution >= 0.6 is 7.82 Å². The number of hydrogen-bond donors (Lipinski definition) is 3. The molecule has 0 saturated carbocycles. The van der Waals surface area contributed by atoms with Crippen LogP contribution in [0.3, 0.4) is 0 Å². The Labute approximate surface area is 136 Å². The van der Waals surface area contributed by atoms with Gasteiger partial charge >= 0.3 is 66.9 Å². The second kappa shape index (κ2) is 10.9. The zero-order valence-electron chi connectivity index (χ0n) is 6.85. The Kier molecular flexibility index (Phi) is 14.9. The minimum atomic E-state index is -4.64. The molecule has 0 atom stereocenters. The van der Waals surface area contributed by atoms with Crippen molar-refractivity contribution in [3.63, 3.8) is 0 Å². The van der Waals surface area contributed by atoms with E-state index in [0.29, 0.717) is 0 Å². The average Bonchev–Trinajstić information content (AvgIpc) is 2.03. The third kappa shape index (κ3) is 17.1. The molecule has 0 unspecified atom stereocenters. The van der Waals surface area contributed by atoms with Gasteiger partial charge < -0.3 is 14.7 Å².